The first-order valence-corrected chi connectivity index (χ1v) is 7.86. The quantitative estimate of drug-likeness (QED) is 0.912. The van der Waals surface area contributed by atoms with Crippen molar-refractivity contribution in [2.24, 2.45) is 5.92 Å². The van der Waals surface area contributed by atoms with Gasteiger partial charge in [0.25, 0.3) is 0 Å². The first-order chi connectivity index (χ1) is 10.7. The fourth-order valence-corrected chi connectivity index (χ4v) is 3.27. The second-order valence-electron chi connectivity index (χ2n) is 5.97. The number of ether oxygens (including phenoxy) is 1. The molecule has 0 aliphatic heterocycles. The van der Waals surface area contributed by atoms with Gasteiger partial charge in [0, 0.05) is 0 Å². The van der Waals surface area contributed by atoms with Crippen LogP contribution in [-0.4, -0.2) is 21.8 Å². The Kier molecular flexibility index (Phi) is 4.22. The number of nitrogens with zero attached hydrogens (tertiary/aromatic N) is 1. The Morgan fingerprint density at radius 1 is 1.23 bits per heavy atom. The zero-order valence-electron chi connectivity index (χ0n) is 12.8. The summed E-state index contributed by atoms with van der Waals surface area (Å²) < 4.78 is 6.43. The predicted molar refractivity (Wildman–Crippen MR) is 84.9 cm³/mol. The van der Waals surface area contributed by atoms with Gasteiger partial charge in [0.2, 0.25) is 5.88 Å². The molecule has 0 atom stereocenters. The lowest BCUT2D eigenvalue weighted by Crippen LogP contribution is -2.14. The van der Waals surface area contributed by atoms with E-state index in [1.54, 1.807) is 31.4 Å². The summed E-state index contributed by atoms with van der Waals surface area (Å²) in [5, 5.41) is 10.4. The van der Waals surface area contributed by atoms with Crippen LogP contribution in [0.5, 0.6) is 11.6 Å². The van der Waals surface area contributed by atoms with Gasteiger partial charge in [-0.3, -0.25) is 0 Å². The minimum Gasteiger partial charge on any atom is -0.497 e. The Morgan fingerprint density at radius 2 is 1.91 bits per heavy atom. The molecule has 0 spiro atoms. The largest absolute Gasteiger partial charge is 0.497 e. The van der Waals surface area contributed by atoms with E-state index in [0.717, 1.165) is 6.42 Å². The van der Waals surface area contributed by atoms with Crippen molar-refractivity contribution in [2.45, 2.75) is 38.5 Å². The lowest BCUT2D eigenvalue weighted by Gasteiger charge is -2.20. The topological polar surface area (TPSA) is 67.2 Å². The predicted octanol–water partition coefficient (Wildman–Crippen LogP) is 3.00. The van der Waals surface area contributed by atoms with Crippen LogP contribution in [0.4, 0.5) is 0 Å². The van der Waals surface area contributed by atoms with E-state index in [1.165, 1.54) is 36.7 Å². The number of benzene rings is 1. The molecule has 1 aliphatic rings. The smallest absolute Gasteiger partial charge is 0.333 e. The minimum atomic E-state index is -0.298. The second kappa shape index (κ2) is 6.30. The second-order valence-corrected chi connectivity index (χ2v) is 5.97. The summed E-state index contributed by atoms with van der Waals surface area (Å²) in [7, 11) is 1.59. The summed E-state index contributed by atoms with van der Waals surface area (Å²) in [5.74, 6) is 1.30. The Bertz CT molecular complexity index is 679. The molecule has 0 radical (unpaired) electrons. The van der Waals surface area contributed by atoms with Crippen LogP contribution < -0.4 is 10.4 Å². The van der Waals surface area contributed by atoms with Crippen molar-refractivity contribution in [2.75, 3.05) is 7.11 Å². The third-order valence-electron chi connectivity index (χ3n) is 4.49. The van der Waals surface area contributed by atoms with Gasteiger partial charge in [0.1, 0.15) is 5.75 Å². The van der Waals surface area contributed by atoms with Gasteiger partial charge < -0.3 is 14.8 Å². The molecule has 1 fully saturated rings. The molecule has 0 saturated heterocycles. The third kappa shape index (κ3) is 2.89. The molecule has 1 aromatic carbocycles. The molecule has 5 nitrogen and oxygen atoms in total. The van der Waals surface area contributed by atoms with E-state index in [4.69, 9.17) is 4.74 Å². The van der Waals surface area contributed by atoms with E-state index >= 15 is 0 Å². The van der Waals surface area contributed by atoms with E-state index in [1.807, 2.05) is 0 Å². The fourth-order valence-electron chi connectivity index (χ4n) is 3.27. The molecule has 0 bridgehead atoms. The molecule has 1 heterocycles. The lowest BCUT2D eigenvalue weighted by molar-refractivity contribution is 0.347. The van der Waals surface area contributed by atoms with Gasteiger partial charge in [0.15, 0.2) is 0 Å². The minimum absolute atomic E-state index is 0.0285. The van der Waals surface area contributed by atoms with Crippen LogP contribution in [0, 0.1) is 5.92 Å². The van der Waals surface area contributed by atoms with E-state index in [2.05, 4.69) is 4.98 Å². The number of rotatable bonds is 4. The number of hydrogen-bond donors (Lipinski definition) is 2. The average Bonchev–Trinajstić information content (AvgIpc) is 2.82. The van der Waals surface area contributed by atoms with E-state index in [0.29, 0.717) is 23.0 Å². The molecule has 2 aromatic rings. The molecule has 118 valence electrons. The molecular formula is C17H22N2O3. The Morgan fingerprint density at radius 3 is 2.55 bits per heavy atom. The summed E-state index contributed by atoms with van der Waals surface area (Å²) in [6.07, 6.45) is 6.88. The number of imidazole rings is 1. The molecule has 3 rings (SSSR count). The molecule has 0 amide bonds. The molecule has 1 aliphatic carbocycles. The van der Waals surface area contributed by atoms with Gasteiger partial charge in [0.05, 0.1) is 18.5 Å². The van der Waals surface area contributed by atoms with Crippen molar-refractivity contribution in [1.29, 1.82) is 0 Å². The molecule has 5 heteroatoms. The number of nitrogens with one attached hydrogen (secondary N) is 1. The summed E-state index contributed by atoms with van der Waals surface area (Å²) in [5.41, 5.74) is 0.982. The zero-order valence-corrected chi connectivity index (χ0v) is 12.8. The van der Waals surface area contributed by atoms with Crippen LogP contribution in [0.1, 0.15) is 37.8 Å². The highest BCUT2D eigenvalue weighted by Crippen LogP contribution is 2.29. The zero-order chi connectivity index (χ0) is 15.5. The van der Waals surface area contributed by atoms with Crippen molar-refractivity contribution in [1.82, 2.24) is 9.55 Å². The summed E-state index contributed by atoms with van der Waals surface area (Å²) in [4.78, 5) is 15.0. The van der Waals surface area contributed by atoms with Crippen molar-refractivity contribution >= 4 is 0 Å². The van der Waals surface area contributed by atoms with Gasteiger partial charge in [-0.05, 0) is 36.6 Å². The number of aromatic amines is 1. The first-order valence-electron chi connectivity index (χ1n) is 7.86. The summed E-state index contributed by atoms with van der Waals surface area (Å²) >= 11 is 0. The molecule has 1 saturated carbocycles. The first kappa shape index (κ1) is 14.8. The van der Waals surface area contributed by atoms with Crippen molar-refractivity contribution < 1.29 is 9.84 Å². The molecular weight excluding hydrogens is 280 g/mol. The van der Waals surface area contributed by atoms with Crippen LogP contribution in [0.3, 0.4) is 0 Å². The van der Waals surface area contributed by atoms with Crippen LogP contribution in [0.2, 0.25) is 0 Å². The van der Waals surface area contributed by atoms with Gasteiger partial charge in [-0.2, -0.15) is 0 Å². The number of aromatic hydroxyl groups is 1. The standard InChI is InChI=1S/C17H22N2O3/c1-22-14-9-7-13(8-10-14)19-16(20)15(18-17(19)21)11-12-5-3-2-4-6-12/h7-10,12,20H,2-6,11H2,1H3,(H,18,21). The van der Waals surface area contributed by atoms with E-state index in [-0.39, 0.29) is 11.6 Å². The summed E-state index contributed by atoms with van der Waals surface area (Å²) in [6, 6.07) is 7.07. The Hall–Kier alpha value is -2.17. The highest BCUT2D eigenvalue weighted by molar-refractivity contribution is 5.41. The van der Waals surface area contributed by atoms with E-state index < -0.39 is 0 Å². The molecule has 1 aromatic heterocycles. The highest BCUT2D eigenvalue weighted by atomic mass is 16.5. The van der Waals surface area contributed by atoms with Crippen LogP contribution in [0.15, 0.2) is 29.1 Å². The average molecular weight is 302 g/mol. The fraction of sp³-hybridized carbons (Fsp3) is 0.471. The van der Waals surface area contributed by atoms with Crippen molar-refractivity contribution in [3.63, 3.8) is 0 Å². The van der Waals surface area contributed by atoms with Crippen LogP contribution in [0.25, 0.3) is 5.69 Å². The lowest BCUT2D eigenvalue weighted by atomic mass is 9.86. The molecule has 22 heavy (non-hydrogen) atoms. The third-order valence-corrected chi connectivity index (χ3v) is 4.49. The number of hydrogen-bond acceptors (Lipinski definition) is 3. The molecule has 2 N–H and O–H groups in total. The van der Waals surface area contributed by atoms with Crippen molar-refractivity contribution in [3.05, 3.63) is 40.4 Å². The van der Waals surface area contributed by atoms with Crippen LogP contribution >= 0.6 is 0 Å². The van der Waals surface area contributed by atoms with Crippen molar-refractivity contribution in [3.8, 4) is 17.3 Å². The van der Waals surface area contributed by atoms with Gasteiger partial charge in [-0.25, -0.2) is 9.36 Å². The number of aromatic nitrogens is 2. The maximum atomic E-state index is 12.2. The summed E-state index contributed by atoms with van der Waals surface area (Å²) in [6.45, 7) is 0. The maximum absolute atomic E-state index is 12.2. The monoisotopic (exact) mass is 302 g/mol. The number of methoxy groups -OCH3 is 1. The Labute approximate surface area is 129 Å². The Balaban J connectivity index is 1.87. The van der Waals surface area contributed by atoms with Gasteiger partial charge in [-0.1, -0.05) is 32.1 Å². The normalized spacial score (nSPS) is 15.9. The highest BCUT2D eigenvalue weighted by Gasteiger charge is 2.20. The number of H-pyrrole nitrogens is 1. The SMILES string of the molecule is COc1ccc(-n2c(O)c(CC3CCCCC3)[nH]c2=O)cc1. The maximum Gasteiger partial charge on any atom is 0.333 e. The molecule has 0 unspecified atom stereocenters. The van der Waals surface area contributed by atoms with Crippen LogP contribution in [-0.2, 0) is 6.42 Å². The van der Waals surface area contributed by atoms with Gasteiger partial charge >= 0.3 is 5.69 Å². The van der Waals surface area contributed by atoms with E-state index in [9.17, 15) is 9.90 Å². The van der Waals surface area contributed by atoms with Gasteiger partial charge in [-0.15, -0.1) is 0 Å².